The van der Waals surface area contributed by atoms with Crippen LogP contribution in [0.4, 0.5) is 0 Å². The van der Waals surface area contributed by atoms with E-state index < -0.39 is 0 Å². The van der Waals surface area contributed by atoms with Crippen LogP contribution in [0, 0.1) is 0 Å². The van der Waals surface area contributed by atoms with Crippen LogP contribution in [0.15, 0.2) is 66.7 Å². The molecule has 0 N–H and O–H groups in total. The van der Waals surface area contributed by atoms with Gasteiger partial charge in [-0.25, -0.2) is 4.79 Å². The highest BCUT2D eigenvalue weighted by molar-refractivity contribution is 6.01. The molecule has 3 aromatic carbocycles. The largest absolute Gasteiger partial charge is 0.423 e. The van der Waals surface area contributed by atoms with Crippen molar-refractivity contribution < 1.29 is 9.53 Å². The molecule has 112 valence electrons. The third-order valence-electron chi connectivity index (χ3n) is 4.30. The van der Waals surface area contributed by atoms with Gasteiger partial charge in [0.05, 0.1) is 0 Å². The van der Waals surface area contributed by atoms with Crippen LogP contribution < -0.4 is 4.74 Å². The number of fused-ring (bicyclic) bond motifs is 5. The molecule has 3 aromatic rings. The maximum absolute atomic E-state index is 11.7. The van der Waals surface area contributed by atoms with Gasteiger partial charge in [-0.3, -0.25) is 0 Å². The fourth-order valence-electron chi connectivity index (χ4n) is 3.21. The van der Waals surface area contributed by atoms with Crippen LogP contribution >= 0.6 is 0 Å². The first-order chi connectivity index (χ1) is 11.1. The third kappa shape index (κ3) is 2.23. The average Bonchev–Trinajstić information content (AvgIpc) is 2.92. The molecule has 2 heteroatoms. The van der Waals surface area contributed by atoms with Crippen LogP contribution in [0.3, 0.4) is 0 Å². The van der Waals surface area contributed by atoms with Gasteiger partial charge in [0.2, 0.25) is 0 Å². The Hall–Kier alpha value is -2.87. The normalized spacial score (nSPS) is 11.9. The first-order valence-electron chi connectivity index (χ1n) is 7.65. The second kappa shape index (κ2) is 5.10. The van der Waals surface area contributed by atoms with E-state index in [-0.39, 0.29) is 5.97 Å². The fourth-order valence-corrected chi connectivity index (χ4v) is 3.21. The molecule has 0 aliphatic heterocycles. The smallest absolute Gasteiger partial charge is 0.338 e. The molecular formula is C21H16O2. The minimum absolute atomic E-state index is 0.383. The van der Waals surface area contributed by atoms with Gasteiger partial charge < -0.3 is 4.74 Å². The quantitative estimate of drug-likeness (QED) is 0.299. The van der Waals surface area contributed by atoms with Crippen molar-refractivity contribution in [3.63, 3.8) is 0 Å². The molecule has 0 bridgehead atoms. The van der Waals surface area contributed by atoms with E-state index in [4.69, 9.17) is 4.74 Å². The Kier molecular flexibility index (Phi) is 3.05. The van der Waals surface area contributed by atoms with Gasteiger partial charge in [0, 0.05) is 5.57 Å². The Bertz CT molecular complexity index is 967. The van der Waals surface area contributed by atoms with Crippen molar-refractivity contribution >= 4 is 16.7 Å². The van der Waals surface area contributed by atoms with Gasteiger partial charge in [-0.1, -0.05) is 49.0 Å². The van der Waals surface area contributed by atoms with E-state index in [1.807, 2.05) is 12.1 Å². The van der Waals surface area contributed by atoms with Crippen LogP contribution in [-0.4, -0.2) is 5.97 Å². The zero-order valence-electron chi connectivity index (χ0n) is 12.9. The number of hydrogen-bond acceptors (Lipinski definition) is 2. The molecule has 1 aliphatic carbocycles. The number of ether oxygens (including phenoxy) is 1. The zero-order chi connectivity index (χ0) is 16.0. The van der Waals surface area contributed by atoms with Gasteiger partial charge >= 0.3 is 5.97 Å². The van der Waals surface area contributed by atoms with Gasteiger partial charge in [0.25, 0.3) is 0 Å². The van der Waals surface area contributed by atoms with Crippen molar-refractivity contribution in [3.05, 3.63) is 77.9 Å². The standard InChI is InChI=1S/C21H16O2/c1-13(2)21(22)23-17-9-10-19-16(12-17)11-15-8-7-14-5-3-4-6-18(14)20(15)19/h3-10,12H,1,11H2,2H3. The lowest BCUT2D eigenvalue weighted by atomic mass is 9.98. The summed E-state index contributed by atoms with van der Waals surface area (Å²) in [7, 11) is 0. The number of rotatable bonds is 2. The molecule has 0 amide bonds. The zero-order valence-corrected chi connectivity index (χ0v) is 12.9. The highest BCUT2D eigenvalue weighted by Crippen LogP contribution is 2.42. The van der Waals surface area contributed by atoms with E-state index >= 15 is 0 Å². The van der Waals surface area contributed by atoms with Crippen molar-refractivity contribution in [2.75, 3.05) is 0 Å². The van der Waals surface area contributed by atoms with Crippen molar-refractivity contribution in [1.82, 2.24) is 0 Å². The number of hydrogen-bond donors (Lipinski definition) is 0. The molecule has 23 heavy (non-hydrogen) atoms. The van der Waals surface area contributed by atoms with Crippen molar-refractivity contribution in [2.45, 2.75) is 13.3 Å². The molecule has 0 saturated carbocycles. The van der Waals surface area contributed by atoms with Gasteiger partial charge in [-0.2, -0.15) is 0 Å². The SMILES string of the molecule is C=C(C)C(=O)Oc1ccc2c(c1)Cc1ccc3ccccc3c1-2. The number of carbonyl (C=O) groups excluding carboxylic acids is 1. The van der Waals surface area contributed by atoms with Crippen molar-refractivity contribution in [1.29, 1.82) is 0 Å². The predicted octanol–water partition coefficient (Wildman–Crippen LogP) is 4.89. The van der Waals surface area contributed by atoms with E-state index in [0.29, 0.717) is 11.3 Å². The molecular weight excluding hydrogens is 284 g/mol. The summed E-state index contributed by atoms with van der Waals surface area (Å²) in [5, 5.41) is 2.52. The summed E-state index contributed by atoms with van der Waals surface area (Å²) in [6.07, 6.45) is 0.869. The molecule has 0 saturated heterocycles. The molecule has 0 unspecified atom stereocenters. The lowest BCUT2D eigenvalue weighted by Gasteiger charge is -2.08. The first kappa shape index (κ1) is 13.8. The highest BCUT2D eigenvalue weighted by atomic mass is 16.5. The summed E-state index contributed by atoms with van der Waals surface area (Å²) < 4.78 is 5.35. The summed E-state index contributed by atoms with van der Waals surface area (Å²) >= 11 is 0. The Morgan fingerprint density at radius 3 is 2.70 bits per heavy atom. The first-order valence-corrected chi connectivity index (χ1v) is 7.65. The number of benzene rings is 3. The van der Waals surface area contributed by atoms with Gasteiger partial charge in [-0.15, -0.1) is 0 Å². The van der Waals surface area contributed by atoms with Crippen LogP contribution in [0.2, 0.25) is 0 Å². The molecule has 0 spiro atoms. The van der Waals surface area contributed by atoms with Gasteiger partial charge in [0.15, 0.2) is 0 Å². The fraction of sp³-hybridized carbons (Fsp3) is 0.0952. The number of esters is 1. The van der Waals surface area contributed by atoms with Gasteiger partial charge in [0.1, 0.15) is 5.75 Å². The molecule has 0 aromatic heterocycles. The number of carbonyl (C=O) groups is 1. The maximum Gasteiger partial charge on any atom is 0.338 e. The summed E-state index contributed by atoms with van der Waals surface area (Å²) in [6, 6.07) is 18.7. The van der Waals surface area contributed by atoms with E-state index in [1.165, 1.54) is 33.0 Å². The predicted molar refractivity (Wildman–Crippen MR) is 92.6 cm³/mol. The van der Waals surface area contributed by atoms with Crippen LogP contribution in [-0.2, 0) is 11.2 Å². The third-order valence-corrected chi connectivity index (χ3v) is 4.30. The second-order valence-electron chi connectivity index (χ2n) is 5.99. The van der Waals surface area contributed by atoms with Crippen molar-refractivity contribution in [3.8, 4) is 16.9 Å². The second-order valence-corrected chi connectivity index (χ2v) is 5.99. The van der Waals surface area contributed by atoms with E-state index in [9.17, 15) is 4.79 Å². The summed E-state index contributed by atoms with van der Waals surface area (Å²) in [5.74, 6) is 0.194. The molecule has 0 heterocycles. The van der Waals surface area contributed by atoms with E-state index in [2.05, 4.69) is 49.0 Å². The van der Waals surface area contributed by atoms with E-state index in [0.717, 1.165) is 6.42 Å². The Morgan fingerprint density at radius 2 is 1.87 bits per heavy atom. The average molecular weight is 300 g/mol. The summed E-state index contributed by atoms with van der Waals surface area (Å²) in [6.45, 7) is 5.27. The topological polar surface area (TPSA) is 26.3 Å². The minimum atomic E-state index is -0.383. The maximum atomic E-state index is 11.7. The molecule has 4 rings (SSSR count). The molecule has 0 atom stereocenters. The molecule has 0 radical (unpaired) electrons. The molecule has 0 fully saturated rings. The lowest BCUT2D eigenvalue weighted by Crippen LogP contribution is -2.08. The summed E-state index contributed by atoms with van der Waals surface area (Å²) in [5.41, 5.74) is 5.45. The molecule has 1 aliphatic rings. The van der Waals surface area contributed by atoms with Crippen LogP contribution in [0.25, 0.3) is 21.9 Å². The Labute approximate surface area is 135 Å². The Balaban J connectivity index is 1.80. The molecule has 2 nitrogen and oxygen atoms in total. The van der Waals surface area contributed by atoms with Crippen LogP contribution in [0.5, 0.6) is 5.75 Å². The minimum Gasteiger partial charge on any atom is -0.423 e. The van der Waals surface area contributed by atoms with Crippen LogP contribution in [0.1, 0.15) is 18.1 Å². The van der Waals surface area contributed by atoms with E-state index in [1.54, 1.807) is 6.92 Å². The summed E-state index contributed by atoms with van der Waals surface area (Å²) in [4.78, 5) is 11.7. The monoisotopic (exact) mass is 300 g/mol. The Morgan fingerprint density at radius 1 is 1.04 bits per heavy atom. The van der Waals surface area contributed by atoms with Gasteiger partial charge in [-0.05, 0) is 58.5 Å². The lowest BCUT2D eigenvalue weighted by molar-refractivity contribution is -0.130. The highest BCUT2D eigenvalue weighted by Gasteiger charge is 2.21. The van der Waals surface area contributed by atoms with Crippen molar-refractivity contribution in [2.24, 2.45) is 0 Å².